The minimum Gasteiger partial charge on any atom is -0.268 e. The van der Waals surface area contributed by atoms with Crippen LogP contribution in [0.3, 0.4) is 0 Å². The second kappa shape index (κ2) is 2.73. The molecule has 0 aromatic carbocycles. The van der Waals surface area contributed by atoms with Gasteiger partial charge in [-0.15, -0.1) is 0 Å². The van der Waals surface area contributed by atoms with Gasteiger partial charge in [0, 0.05) is 0 Å². The van der Waals surface area contributed by atoms with Crippen molar-refractivity contribution in [3.63, 3.8) is 0 Å². The molecule has 0 saturated heterocycles. The van der Waals surface area contributed by atoms with Crippen LogP contribution in [-0.4, -0.2) is 10.2 Å². The first kappa shape index (κ1) is 6.42. The number of hydrogen-bond donors (Lipinski definition) is 1. The first-order valence-corrected chi connectivity index (χ1v) is 3.27. The number of hydrogen-bond acceptors (Lipinski definition) is 2. The fraction of sp³-hybridized carbons (Fsp3) is 0.333. The van der Waals surface area contributed by atoms with E-state index in [4.69, 9.17) is 12.2 Å². The summed E-state index contributed by atoms with van der Waals surface area (Å²) in [7, 11) is 0. The zero-order valence-corrected chi connectivity index (χ0v) is 6.03. The highest BCUT2D eigenvalue weighted by atomic mass is 32.1. The van der Waals surface area contributed by atoms with Crippen molar-refractivity contribution in [2.45, 2.75) is 13.3 Å². The Morgan fingerprint density at radius 3 is 3.00 bits per heavy atom. The van der Waals surface area contributed by atoms with E-state index in [1.807, 2.05) is 6.07 Å². The lowest BCUT2D eigenvalue weighted by Gasteiger charge is -1.90. The Bertz CT molecular complexity index is 241. The smallest absolute Gasteiger partial charge is 0.119 e. The topological polar surface area (TPSA) is 28.7 Å². The maximum atomic E-state index is 4.85. The zero-order valence-electron chi connectivity index (χ0n) is 5.22. The van der Waals surface area contributed by atoms with Gasteiger partial charge in [0.25, 0.3) is 0 Å². The largest absolute Gasteiger partial charge is 0.268 e. The van der Waals surface area contributed by atoms with Crippen LogP contribution in [0, 0.1) is 4.64 Å². The zero-order chi connectivity index (χ0) is 6.69. The summed E-state index contributed by atoms with van der Waals surface area (Å²) in [5, 5.41) is 6.50. The molecule has 9 heavy (non-hydrogen) atoms. The molecular formula is C6H8N2S. The standard InChI is InChI=1S/C6H8N2S/c1-2-5-3-6(9)8-7-4-5/h3-4H,2H2,1H3,(H,8,9). The summed E-state index contributed by atoms with van der Waals surface area (Å²) in [5.41, 5.74) is 1.18. The first-order valence-electron chi connectivity index (χ1n) is 2.86. The molecule has 1 heterocycles. The monoisotopic (exact) mass is 140 g/mol. The van der Waals surface area contributed by atoms with Gasteiger partial charge in [-0.25, -0.2) is 0 Å². The van der Waals surface area contributed by atoms with Crippen LogP contribution in [0.15, 0.2) is 12.3 Å². The van der Waals surface area contributed by atoms with Crippen LogP contribution in [0.25, 0.3) is 0 Å². The van der Waals surface area contributed by atoms with Crippen LogP contribution >= 0.6 is 12.2 Å². The van der Waals surface area contributed by atoms with Gasteiger partial charge >= 0.3 is 0 Å². The van der Waals surface area contributed by atoms with Crippen LogP contribution in [0.1, 0.15) is 12.5 Å². The van der Waals surface area contributed by atoms with E-state index in [9.17, 15) is 0 Å². The van der Waals surface area contributed by atoms with Gasteiger partial charge in [-0.3, -0.25) is 5.10 Å². The van der Waals surface area contributed by atoms with Crippen molar-refractivity contribution in [3.8, 4) is 0 Å². The Hall–Kier alpha value is -0.700. The Morgan fingerprint density at radius 1 is 1.78 bits per heavy atom. The second-order valence-corrected chi connectivity index (χ2v) is 2.25. The number of rotatable bonds is 1. The predicted octanol–water partition coefficient (Wildman–Crippen LogP) is 1.70. The fourth-order valence-electron chi connectivity index (χ4n) is 0.610. The van der Waals surface area contributed by atoms with Crippen molar-refractivity contribution in [2.24, 2.45) is 0 Å². The van der Waals surface area contributed by atoms with E-state index >= 15 is 0 Å². The van der Waals surface area contributed by atoms with E-state index < -0.39 is 0 Å². The highest BCUT2D eigenvalue weighted by molar-refractivity contribution is 7.71. The van der Waals surface area contributed by atoms with Crippen molar-refractivity contribution in [1.29, 1.82) is 0 Å². The number of nitrogens with one attached hydrogen (secondary N) is 1. The summed E-state index contributed by atoms with van der Waals surface area (Å²) in [6.45, 7) is 2.08. The molecule has 2 nitrogen and oxygen atoms in total. The number of H-pyrrole nitrogens is 1. The summed E-state index contributed by atoms with van der Waals surface area (Å²) in [5.74, 6) is 0. The van der Waals surface area contributed by atoms with Crippen LogP contribution in [0.4, 0.5) is 0 Å². The normalized spacial score (nSPS) is 9.44. The van der Waals surface area contributed by atoms with E-state index in [0.717, 1.165) is 6.42 Å². The molecule has 0 aliphatic carbocycles. The summed E-state index contributed by atoms with van der Waals surface area (Å²) >= 11 is 4.85. The molecule has 0 atom stereocenters. The van der Waals surface area contributed by atoms with Crippen molar-refractivity contribution in [1.82, 2.24) is 10.2 Å². The summed E-state index contributed by atoms with van der Waals surface area (Å²) in [4.78, 5) is 0. The molecule has 0 fully saturated rings. The molecule has 1 rings (SSSR count). The van der Waals surface area contributed by atoms with E-state index in [-0.39, 0.29) is 0 Å². The molecule has 0 spiro atoms. The third-order valence-electron chi connectivity index (χ3n) is 1.13. The summed E-state index contributed by atoms with van der Waals surface area (Å²) in [6.07, 6.45) is 2.78. The molecule has 1 aromatic rings. The van der Waals surface area contributed by atoms with Gasteiger partial charge in [0.05, 0.1) is 6.20 Å². The molecule has 48 valence electrons. The molecule has 1 aromatic heterocycles. The molecular weight excluding hydrogens is 132 g/mol. The van der Waals surface area contributed by atoms with E-state index in [1.54, 1.807) is 6.20 Å². The third-order valence-corrected chi connectivity index (χ3v) is 1.34. The molecule has 0 aliphatic heterocycles. The van der Waals surface area contributed by atoms with E-state index in [1.165, 1.54) is 5.56 Å². The second-order valence-electron chi connectivity index (χ2n) is 1.81. The van der Waals surface area contributed by atoms with Gasteiger partial charge in [-0.05, 0) is 18.1 Å². The quantitative estimate of drug-likeness (QED) is 0.601. The highest BCUT2D eigenvalue weighted by Crippen LogP contribution is 1.94. The van der Waals surface area contributed by atoms with Gasteiger partial charge in [0.15, 0.2) is 0 Å². The maximum Gasteiger partial charge on any atom is 0.119 e. The van der Waals surface area contributed by atoms with Crippen molar-refractivity contribution >= 4 is 12.2 Å². The van der Waals surface area contributed by atoms with Gasteiger partial charge in [-0.2, -0.15) is 5.10 Å². The first-order chi connectivity index (χ1) is 4.33. The molecule has 0 unspecified atom stereocenters. The molecule has 0 bridgehead atoms. The number of aromatic amines is 1. The summed E-state index contributed by atoms with van der Waals surface area (Å²) in [6, 6.07) is 1.92. The molecule has 0 aliphatic rings. The highest BCUT2D eigenvalue weighted by Gasteiger charge is 1.84. The van der Waals surface area contributed by atoms with Crippen molar-refractivity contribution in [3.05, 3.63) is 22.5 Å². The summed E-state index contributed by atoms with van der Waals surface area (Å²) < 4.78 is 0.703. The fourth-order valence-corrected chi connectivity index (χ4v) is 0.814. The Kier molecular flexibility index (Phi) is 1.95. The minimum absolute atomic E-state index is 0.703. The lowest BCUT2D eigenvalue weighted by atomic mass is 10.2. The van der Waals surface area contributed by atoms with Gasteiger partial charge in [-0.1, -0.05) is 19.1 Å². The number of aromatic nitrogens is 2. The van der Waals surface area contributed by atoms with Crippen LogP contribution in [0.2, 0.25) is 0 Å². The third kappa shape index (κ3) is 1.61. The Labute approximate surface area is 58.9 Å². The molecule has 1 N–H and O–H groups in total. The number of nitrogens with zero attached hydrogens (tertiary/aromatic N) is 1. The van der Waals surface area contributed by atoms with Gasteiger partial charge in [0.1, 0.15) is 4.64 Å². The SMILES string of the molecule is CCc1cn[nH]c(=S)c1. The van der Waals surface area contributed by atoms with Crippen LogP contribution < -0.4 is 0 Å². The average molecular weight is 140 g/mol. The minimum atomic E-state index is 0.703. The number of aryl methyl sites for hydroxylation is 1. The molecule has 0 radical (unpaired) electrons. The Morgan fingerprint density at radius 2 is 2.56 bits per heavy atom. The lowest BCUT2D eigenvalue weighted by molar-refractivity contribution is 0.971. The van der Waals surface area contributed by atoms with Crippen molar-refractivity contribution in [2.75, 3.05) is 0 Å². The van der Waals surface area contributed by atoms with E-state index in [0.29, 0.717) is 4.64 Å². The van der Waals surface area contributed by atoms with Gasteiger partial charge < -0.3 is 0 Å². The average Bonchev–Trinajstić information content (AvgIpc) is 1.88. The van der Waals surface area contributed by atoms with Gasteiger partial charge in [0.2, 0.25) is 0 Å². The van der Waals surface area contributed by atoms with Crippen LogP contribution in [0.5, 0.6) is 0 Å². The maximum absolute atomic E-state index is 4.85. The molecule has 3 heteroatoms. The molecule has 0 amide bonds. The van der Waals surface area contributed by atoms with Crippen molar-refractivity contribution < 1.29 is 0 Å². The predicted molar refractivity (Wildman–Crippen MR) is 38.8 cm³/mol. The Balaban J connectivity index is 3.08. The van der Waals surface area contributed by atoms with Crippen LogP contribution in [-0.2, 0) is 6.42 Å². The lowest BCUT2D eigenvalue weighted by Crippen LogP contribution is -1.84. The van der Waals surface area contributed by atoms with E-state index in [2.05, 4.69) is 17.1 Å². The molecule has 0 saturated carbocycles.